The zero-order valence-corrected chi connectivity index (χ0v) is 18.5. The Balaban J connectivity index is 1.48. The molecule has 4 rings (SSSR count). The number of hydrogen-bond acceptors (Lipinski definition) is 2. The number of benzene rings is 1. The van der Waals surface area contributed by atoms with Gasteiger partial charge in [-0.2, -0.15) is 5.10 Å². The molecule has 0 radical (unpaired) electrons. The van der Waals surface area contributed by atoms with E-state index in [4.69, 9.17) is 0 Å². The van der Waals surface area contributed by atoms with Gasteiger partial charge in [-0.15, -0.1) is 0 Å². The van der Waals surface area contributed by atoms with Gasteiger partial charge >= 0.3 is 0 Å². The summed E-state index contributed by atoms with van der Waals surface area (Å²) in [6, 6.07) is 8.58. The van der Waals surface area contributed by atoms with Crippen molar-refractivity contribution in [1.29, 1.82) is 0 Å². The average Bonchev–Trinajstić information content (AvgIpc) is 3.10. The Hall–Kier alpha value is -2.36. The minimum Gasteiger partial charge on any atom is -0.350 e. The van der Waals surface area contributed by atoms with Crippen LogP contribution in [0.25, 0.3) is 11.6 Å². The number of H-pyrrole nitrogens is 1. The van der Waals surface area contributed by atoms with Crippen LogP contribution in [0.4, 0.5) is 0 Å². The molecule has 1 amide bonds. The van der Waals surface area contributed by atoms with E-state index in [9.17, 15) is 4.79 Å². The first-order valence-corrected chi connectivity index (χ1v) is 11.7. The van der Waals surface area contributed by atoms with Crippen molar-refractivity contribution in [2.75, 3.05) is 6.54 Å². The largest absolute Gasteiger partial charge is 0.350 e. The summed E-state index contributed by atoms with van der Waals surface area (Å²) in [6.07, 6.45) is 13.0. The summed E-state index contributed by atoms with van der Waals surface area (Å²) in [7, 11) is 0. The first-order valence-electron chi connectivity index (χ1n) is 11.7. The molecule has 0 saturated heterocycles. The number of allylic oxidation sites excluding steroid dienone is 1. The Kier molecular flexibility index (Phi) is 6.71. The van der Waals surface area contributed by atoms with Crippen molar-refractivity contribution in [3.05, 3.63) is 52.3 Å². The van der Waals surface area contributed by atoms with Crippen LogP contribution < -0.4 is 5.32 Å². The Morgan fingerprint density at radius 3 is 2.63 bits per heavy atom. The van der Waals surface area contributed by atoms with Crippen molar-refractivity contribution in [1.82, 2.24) is 15.5 Å². The van der Waals surface area contributed by atoms with Gasteiger partial charge in [0.05, 0.1) is 5.69 Å². The summed E-state index contributed by atoms with van der Waals surface area (Å²) < 4.78 is 0. The fourth-order valence-electron chi connectivity index (χ4n) is 5.01. The van der Waals surface area contributed by atoms with Gasteiger partial charge in [-0.1, -0.05) is 68.9 Å². The highest BCUT2D eigenvalue weighted by atomic mass is 16.1. The quantitative estimate of drug-likeness (QED) is 0.606. The van der Waals surface area contributed by atoms with E-state index in [2.05, 4.69) is 59.7 Å². The number of rotatable bonds is 5. The van der Waals surface area contributed by atoms with Crippen molar-refractivity contribution in [3.63, 3.8) is 0 Å². The SMILES string of the molecule is Cc1ccc(/C=C2\CCCCc3c2n[nH]c3C(=O)NCC(C)C2CCCCC2)cc1. The van der Waals surface area contributed by atoms with Gasteiger partial charge in [0.2, 0.25) is 0 Å². The van der Waals surface area contributed by atoms with Crippen molar-refractivity contribution in [2.45, 2.75) is 71.6 Å². The molecule has 1 aromatic heterocycles. The molecule has 2 aliphatic carbocycles. The van der Waals surface area contributed by atoms with E-state index in [1.165, 1.54) is 48.8 Å². The molecule has 30 heavy (non-hydrogen) atoms. The molecule has 4 heteroatoms. The fourth-order valence-corrected chi connectivity index (χ4v) is 5.01. The summed E-state index contributed by atoms with van der Waals surface area (Å²) in [5.41, 5.74) is 6.43. The summed E-state index contributed by atoms with van der Waals surface area (Å²) in [5, 5.41) is 10.9. The molecule has 4 nitrogen and oxygen atoms in total. The maximum atomic E-state index is 13.0. The molecule has 0 bridgehead atoms. The van der Waals surface area contributed by atoms with Gasteiger partial charge in [0.1, 0.15) is 5.69 Å². The average molecular weight is 406 g/mol. The number of nitrogens with one attached hydrogen (secondary N) is 2. The van der Waals surface area contributed by atoms with Crippen LogP contribution in [0.1, 0.15) is 91.2 Å². The van der Waals surface area contributed by atoms with E-state index in [-0.39, 0.29) is 5.91 Å². The topological polar surface area (TPSA) is 57.8 Å². The molecule has 1 aromatic carbocycles. The summed E-state index contributed by atoms with van der Waals surface area (Å²) in [5.74, 6) is 1.29. The summed E-state index contributed by atoms with van der Waals surface area (Å²) >= 11 is 0. The highest BCUT2D eigenvalue weighted by molar-refractivity contribution is 5.96. The van der Waals surface area contributed by atoms with E-state index in [0.29, 0.717) is 11.6 Å². The lowest BCUT2D eigenvalue weighted by atomic mass is 9.81. The third-order valence-electron chi connectivity index (χ3n) is 6.98. The molecule has 2 N–H and O–H groups in total. The molecule has 0 aliphatic heterocycles. The van der Waals surface area contributed by atoms with Gasteiger partial charge in [0, 0.05) is 12.1 Å². The van der Waals surface area contributed by atoms with Gasteiger partial charge in [-0.05, 0) is 61.7 Å². The molecule has 2 aromatic rings. The van der Waals surface area contributed by atoms with Crippen LogP contribution >= 0.6 is 0 Å². The van der Waals surface area contributed by atoms with Gasteiger partial charge in [-0.25, -0.2) is 0 Å². The smallest absolute Gasteiger partial charge is 0.269 e. The first kappa shape index (κ1) is 20.9. The monoisotopic (exact) mass is 405 g/mol. The number of hydrogen-bond donors (Lipinski definition) is 2. The van der Waals surface area contributed by atoms with Crippen LogP contribution in [-0.4, -0.2) is 22.6 Å². The van der Waals surface area contributed by atoms with Gasteiger partial charge < -0.3 is 5.32 Å². The van der Waals surface area contributed by atoms with Crippen LogP contribution in [0.15, 0.2) is 24.3 Å². The van der Waals surface area contributed by atoms with E-state index in [0.717, 1.165) is 49.4 Å². The lowest BCUT2D eigenvalue weighted by Crippen LogP contribution is -2.32. The minimum atomic E-state index is 0.00277. The number of aromatic nitrogens is 2. The van der Waals surface area contributed by atoms with Gasteiger partial charge in [-0.3, -0.25) is 9.89 Å². The van der Waals surface area contributed by atoms with Crippen molar-refractivity contribution >= 4 is 17.6 Å². The van der Waals surface area contributed by atoms with Crippen LogP contribution in [0.2, 0.25) is 0 Å². The lowest BCUT2D eigenvalue weighted by Gasteiger charge is -2.27. The van der Waals surface area contributed by atoms with Gasteiger partial charge in [0.15, 0.2) is 0 Å². The second-order valence-corrected chi connectivity index (χ2v) is 9.30. The van der Waals surface area contributed by atoms with Crippen LogP contribution in [0.3, 0.4) is 0 Å². The molecular weight excluding hydrogens is 370 g/mol. The van der Waals surface area contributed by atoms with Crippen molar-refractivity contribution < 1.29 is 4.79 Å². The maximum Gasteiger partial charge on any atom is 0.269 e. The molecular formula is C26H35N3O. The third-order valence-corrected chi connectivity index (χ3v) is 6.98. The molecule has 1 atom stereocenters. The standard InChI is InChI=1S/C26H35N3O/c1-18-12-14-20(15-13-18)16-22-10-6-7-11-23-24(22)28-29-25(23)26(30)27-17-19(2)21-8-4-3-5-9-21/h12-16,19,21H,3-11,17H2,1-2H3,(H,27,30)(H,28,29)/b22-16+. The van der Waals surface area contributed by atoms with E-state index < -0.39 is 0 Å². The Labute approximate surface area is 180 Å². The van der Waals surface area contributed by atoms with E-state index in [1.54, 1.807) is 0 Å². The predicted molar refractivity (Wildman–Crippen MR) is 123 cm³/mol. The Morgan fingerprint density at radius 2 is 1.87 bits per heavy atom. The summed E-state index contributed by atoms with van der Waals surface area (Å²) in [4.78, 5) is 13.0. The number of carbonyl (C=O) groups excluding carboxylic acids is 1. The van der Waals surface area contributed by atoms with Crippen LogP contribution in [0.5, 0.6) is 0 Å². The minimum absolute atomic E-state index is 0.00277. The van der Waals surface area contributed by atoms with E-state index >= 15 is 0 Å². The summed E-state index contributed by atoms with van der Waals surface area (Å²) in [6.45, 7) is 5.14. The predicted octanol–water partition coefficient (Wildman–Crippen LogP) is 5.93. The molecule has 1 saturated carbocycles. The number of nitrogens with zero attached hydrogens (tertiary/aromatic N) is 1. The highest BCUT2D eigenvalue weighted by Gasteiger charge is 2.25. The fraction of sp³-hybridized carbons (Fsp3) is 0.538. The second kappa shape index (κ2) is 9.63. The molecule has 1 unspecified atom stereocenters. The zero-order chi connectivity index (χ0) is 20.9. The number of aryl methyl sites for hydroxylation is 1. The Bertz CT molecular complexity index is 888. The second-order valence-electron chi connectivity index (χ2n) is 9.30. The molecule has 0 spiro atoms. The van der Waals surface area contributed by atoms with Crippen molar-refractivity contribution in [2.24, 2.45) is 11.8 Å². The highest BCUT2D eigenvalue weighted by Crippen LogP contribution is 2.32. The maximum absolute atomic E-state index is 13.0. The van der Waals surface area contributed by atoms with Crippen LogP contribution in [-0.2, 0) is 6.42 Å². The Morgan fingerprint density at radius 1 is 1.13 bits per heavy atom. The van der Waals surface area contributed by atoms with Crippen molar-refractivity contribution in [3.8, 4) is 0 Å². The lowest BCUT2D eigenvalue weighted by molar-refractivity contribution is 0.0934. The number of aromatic amines is 1. The first-order chi connectivity index (χ1) is 14.6. The van der Waals surface area contributed by atoms with Gasteiger partial charge in [0.25, 0.3) is 5.91 Å². The number of amides is 1. The van der Waals surface area contributed by atoms with Crippen LogP contribution in [0, 0.1) is 18.8 Å². The molecule has 2 aliphatic rings. The number of carbonyl (C=O) groups is 1. The normalized spacial score (nSPS) is 19.9. The third kappa shape index (κ3) is 4.85. The molecule has 1 heterocycles. The molecule has 1 fully saturated rings. The molecule has 160 valence electrons. The van der Waals surface area contributed by atoms with E-state index in [1.807, 2.05) is 0 Å². The zero-order valence-electron chi connectivity index (χ0n) is 18.5. The number of fused-ring (bicyclic) bond motifs is 1.